The van der Waals surface area contributed by atoms with Crippen molar-refractivity contribution in [2.75, 3.05) is 19.6 Å². The van der Waals surface area contributed by atoms with E-state index in [2.05, 4.69) is 17.2 Å². The fourth-order valence-corrected chi connectivity index (χ4v) is 4.31. The number of nitrogens with one attached hydrogen (secondary N) is 1. The van der Waals surface area contributed by atoms with Gasteiger partial charge >= 0.3 is 0 Å². The first-order valence-corrected chi connectivity index (χ1v) is 11.6. The van der Waals surface area contributed by atoms with Gasteiger partial charge in [0.25, 0.3) is 5.91 Å². The van der Waals surface area contributed by atoms with E-state index >= 15 is 0 Å². The Morgan fingerprint density at radius 2 is 1.91 bits per heavy atom. The van der Waals surface area contributed by atoms with Gasteiger partial charge in [-0.2, -0.15) is 0 Å². The molecule has 2 amide bonds. The Hall–Kier alpha value is -3.15. The molecule has 0 bridgehead atoms. The number of hydrogen-bond acceptors (Lipinski definition) is 4. The number of oxazole rings is 1. The molecule has 1 fully saturated rings. The minimum absolute atomic E-state index is 0.00283. The van der Waals surface area contributed by atoms with Gasteiger partial charge in [-0.15, -0.1) is 0 Å². The molecule has 0 aliphatic carbocycles. The van der Waals surface area contributed by atoms with E-state index in [0.29, 0.717) is 36.0 Å². The number of nitrogens with zero attached hydrogens (tertiary/aromatic N) is 2. The number of amides is 2. The molecule has 32 heavy (non-hydrogen) atoms. The maximum atomic E-state index is 13.1. The number of unbranched alkanes of at least 4 members (excludes halogenated alkanes) is 1. The van der Waals surface area contributed by atoms with Gasteiger partial charge in [0, 0.05) is 36.7 Å². The third-order valence-corrected chi connectivity index (χ3v) is 6.43. The van der Waals surface area contributed by atoms with Crippen molar-refractivity contribution in [3.63, 3.8) is 0 Å². The standard InChI is InChI=1S/C26H31N3O3/c1-3-4-14-27-24(30)18(2)19-12-15-29(16-13-19)26(31)21-10-11-22-23(17-21)32-25(28-22)20-8-6-5-7-9-20/h5-11,17-19H,3-4,12-16H2,1-2H3,(H,27,30). The Morgan fingerprint density at radius 1 is 1.16 bits per heavy atom. The first-order chi connectivity index (χ1) is 15.6. The number of hydrogen-bond donors (Lipinski definition) is 1. The van der Waals surface area contributed by atoms with Crippen molar-refractivity contribution < 1.29 is 14.0 Å². The molecule has 4 rings (SSSR count). The number of carbonyl (C=O) groups is 2. The molecule has 168 valence electrons. The molecule has 1 N–H and O–H groups in total. The van der Waals surface area contributed by atoms with Crippen LogP contribution in [0.3, 0.4) is 0 Å². The van der Waals surface area contributed by atoms with Gasteiger partial charge < -0.3 is 14.6 Å². The lowest BCUT2D eigenvalue weighted by molar-refractivity contribution is -0.126. The topological polar surface area (TPSA) is 75.4 Å². The number of fused-ring (bicyclic) bond motifs is 1. The van der Waals surface area contributed by atoms with Gasteiger partial charge in [0.05, 0.1) is 0 Å². The Labute approximate surface area is 189 Å². The van der Waals surface area contributed by atoms with Crippen molar-refractivity contribution in [3.8, 4) is 11.5 Å². The largest absolute Gasteiger partial charge is 0.436 e. The van der Waals surface area contributed by atoms with Crippen LogP contribution in [0.1, 0.15) is 49.9 Å². The molecule has 0 spiro atoms. The highest BCUT2D eigenvalue weighted by Gasteiger charge is 2.30. The van der Waals surface area contributed by atoms with Crippen LogP contribution < -0.4 is 5.32 Å². The highest BCUT2D eigenvalue weighted by molar-refractivity contribution is 5.97. The zero-order valence-electron chi connectivity index (χ0n) is 18.8. The van der Waals surface area contributed by atoms with Crippen molar-refractivity contribution in [1.29, 1.82) is 0 Å². The summed E-state index contributed by atoms with van der Waals surface area (Å²) in [4.78, 5) is 31.9. The molecule has 1 aliphatic heterocycles. The number of aromatic nitrogens is 1. The SMILES string of the molecule is CCCCNC(=O)C(C)C1CCN(C(=O)c2ccc3nc(-c4ccccc4)oc3c2)CC1. The summed E-state index contributed by atoms with van der Waals surface area (Å²) in [5, 5.41) is 3.04. The number of rotatable bonds is 7. The van der Waals surface area contributed by atoms with E-state index in [1.54, 1.807) is 6.07 Å². The van der Waals surface area contributed by atoms with Gasteiger partial charge in [-0.3, -0.25) is 9.59 Å². The van der Waals surface area contributed by atoms with Crippen LogP contribution >= 0.6 is 0 Å². The van der Waals surface area contributed by atoms with Crippen LogP contribution in [-0.2, 0) is 4.79 Å². The van der Waals surface area contributed by atoms with Gasteiger partial charge in [0.2, 0.25) is 11.8 Å². The van der Waals surface area contributed by atoms with Crippen molar-refractivity contribution in [1.82, 2.24) is 15.2 Å². The van der Waals surface area contributed by atoms with Crippen molar-refractivity contribution in [2.24, 2.45) is 11.8 Å². The van der Waals surface area contributed by atoms with E-state index in [9.17, 15) is 9.59 Å². The van der Waals surface area contributed by atoms with E-state index in [-0.39, 0.29) is 17.7 Å². The Balaban J connectivity index is 1.38. The second-order valence-electron chi connectivity index (χ2n) is 8.63. The quantitative estimate of drug-likeness (QED) is 0.538. The second-order valence-corrected chi connectivity index (χ2v) is 8.63. The van der Waals surface area contributed by atoms with Crippen molar-refractivity contribution >= 4 is 22.9 Å². The summed E-state index contributed by atoms with van der Waals surface area (Å²) in [5.74, 6) is 0.977. The molecular formula is C26H31N3O3. The lowest BCUT2D eigenvalue weighted by atomic mass is 9.84. The van der Waals surface area contributed by atoms with Crippen LogP contribution in [-0.4, -0.2) is 41.3 Å². The molecule has 3 aromatic rings. The summed E-state index contributed by atoms with van der Waals surface area (Å²) in [6.07, 6.45) is 3.77. The van der Waals surface area contributed by atoms with E-state index < -0.39 is 0 Å². The fourth-order valence-electron chi connectivity index (χ4n) is 4.31. The maximum absolute atomic E-state index is 13.1. The minimum atomic E-state index is -0.0222. The zero-order valence-corrected chi connectivity index (χ0v) is 18.8. The third-order valence-electron chi connectivity index (χ3n) is 6.43. The lowest BCUT2D eigenvalue weighted by Gasteiger charge is -2.34. The summed E-state index contributed by atoms with van der Waals surface area (Å²) in [6, 6.07) is 15.2. The normalized spacial score (nSPS) is 15.6. The van der Waals surface area contributed by atoms with Crippen LogP contribution in [0.15, 0.2) is 52.9 Å². The van der Waals surface area contributed by atoms with Crippen LogP contribution in [0.5, 0.6) is 0 Å². The summed E-state index contributed by atoms with van der Waals surface area (Å²) in [5.41, 5.74) is 2.87. The predicted octanol–water partition coefficient (Wildman–Crippen LogP) is 4.90. The molecule has 1 aliphatic rings. The molecule has 0 radical (unpaired) electrons. The van der Waals surface area contributed by atoms with Crippen molar-refractivity contribution in [2.45, 2.75) is 39.5 Å². The number of likely N-dealkylation sites (tertiary alicyclic amines) is 1. The molecule has 6 nitrogen and oxygen atoms in total. The minimum Gasteiger partial charge on any atom is -0.436 e. The first-order valence-electron chi connectivity index (χ1n) is 11.6. The first kappa shape index (κ1) is 22.1. The van der Waals surface area contributed by atoms with Gasteiger partial charge in [0.1, 0.15) is 5.52 Å². The van der Waals surface area contributed by atoms with Crippen LogP contribution in [0.25, 0.3) is 22.6 Å². The molecule has 0 saturated carbocycles. The molecule has 1 unspecified atom stereocenters. The summed E-state index contributed by atoms with van der Waals surface area (Å²) in [6.45, 7) is 6.20. The van der Waals surface area contributed by atoms with Crippen molar-refractivity contribution in [3.05, 3.63) is 54.1 Å². The number of benzene rings is 2. The molecule has 1 saturated heterocycles. The zero-order chi connectivity index (χ0) is 22.5. The maximum Gasteiger partial charge on any atom is 0.253 e. The molecule has 2 aromatic carbocycles. The van der Waals surface area contributed by atoms with E-state index in [1.165, 1.54) is 0 Å². The van der Waals surface area contributed by atoms with Gasteiger partial charge in [-0.25, -0.2) is 4.98 Å². The smallest absolute Gasteiger partial charge is 0.253 e. The van der Waals surface area contributed by atoms with Crippen LogP contribution in [0.4, 0.5) is 0 Å². The van der Waals surface area contributed by atoms with Gasteiger partial charge in [-0.1, -0.05) is 38.5 Å². The molecule has 6 heteroatoms. The molecule has 2 heterocycles. The predicted molar refractivity (Wildman–Crippen MR) is 125 cm³/mol. The Kier molecular flexibility index (Phi) is 6.88. The molecule has 1 aromatic heterocycles. The van der Waals surface area contributed by atoms with E-state index in [4.69, 9.17) is 4.42 Å². The van der Waals surface area contributed by atoms with Crippen LogP contribution in [0, 0.1) is 11.8 Å². The average Bonchev–Trinajstić information content (AvgIpc) is 3.27. The Morgan fingerprint density at radius 3 is 2.62 bits per heavy atom. The fraction of sp³-hybridized carbons (Fsp3) is 0.423. The van der Waals surface area contributed by atoms with E-state index in [1.807, 2.05) is 54.3 Å². The van der Waals surface area contributed by atoms with E-state index in [0.717, 1.165) is 43.3 Å². The number of piperidine rings is 1. The lowest BCUT2D eigenvalue weighted by Crippen LogP contribution is -2.42. The summed E-state index contributed by atoms with van der Waals surface area (Å²) in [7, 11) is 0. The summed E-state index contributed by atoms with van der Waals surface area (Å²) < 4.78 is 5.92. The van der Waals surface area contributed by atoms with Gasteiger partial charge in [0.15, 0.2) is 5.58 Å². The monoisotopic (exact) mass is 433 g/mol. The third kappa shape index (κ3) is 4.85. The van der Waals surface area contributed by atoms with Gasteiger partial charge in [-0.05, 0) is 55.5 Å². The highest BCUT2D eigenvalue weighted by atomic mass is 16.3. The number of carbonyl (C=O) groups excluding carboxylic acids is 2. The second kappa shape index (κ2) is 9.98. The molecular weight excluding hydrogens is 402 g/mol. The average molecular weight is 434 g/mol. The van der Waals surface area contributed by atoms with Crippen LogP contribution in [0.2, 0.25) is 0 Å². The molecule has 1 atom stereocenters. The Bertz CT molecular complexity index is 1070. The summed E-state index contributed by atoms with van der Waals surface area (Å²) >= 11 is 0. The highest BCUT2D eigenvalue weighted by Crippen LogP contribution is 2.28.